The van der Waals surface area contributed by atoms with Crippen LogP contribution in [-0.2, 0) is 12.7 Å². The van der Waals surface area contributed by atoms with Gasteiger partial charge in [0, 0.05) is 12.2 Å². The smallest absolute Gasteiger partial charge is 0.347 e. The molecule has 0 aliphatic heterocycles. The lowest BCUT2D eigenvalue weighted by atomic mass is 10.1. The second-order valence-corrected chi connectivity index (χ2v) is 6.63. The predicted octanol–water partition coefficient (Wildman–Crippen LogP) is 4.49. The van der Waals surface area contributed by atoms with Crippen LogP contribution < -0.4 is 5.32 Å². The highest BCUT2D eigenvalue weighted by Crippen LogP contribution is 2.29. The van der Waals surface area contributed by atoms with Gasteiger partial charge in [-0.15, -0.1) is 0 Å². The highest BCUT2D eigenvalue weighted by Gasteiger charge is 2.30. The summed E-state index contributed by atoms with van der Waals surface area (Å²) in [6.45, 7) is 3.59. The number of amides is 1. The first-order valence-corrected chi connectivity index (χ1v) is 8.67. The van der Waals surface area contributed by atoms with Crippen molar-refractivity contribution in [2.24, 2.45) is 0 Å². The molecule has 2 aromatic heterocycles. The Morgan fingerprint density at radius 2 is 1.93 bits per heavy atom. The van der Waals surface area contributed by atoms with Crippen LogP contribution in [0.1, 0.15) is 33.0 Å². The molecule has 0 unspecified atom stereocenters. The van der Waals surface area contributed by atoms with E-state index in [0.717, 1.165) is 23.5 Å². The molecule has 146 valence electrons. The first-order chi connectivity index (χ1) is 13.1. The largest absolute Gasteiger partial charge is 0.416 e. The number of carbonyl (C=O) groups is 1. The minimum Gasteiger partial charge on any atom is -0.347 e. The van der Waals surface area contributed by atoms with E-state index < -0.39 is 17.6 Å². The van der Waals surface area contributed by atoms with Crippen molar-refractivity contribution < 1.29 is 18.0 Å². The molecule has 1 N–H and O–H groups in total. The Kier molecular flexibility index (Phi) is 5.42. The second kappa shape index (κ2) is 7.63. The predicted molar refractivity (Wildman–Crippen MR) is 98.5 cm³/mol. The third-order valence-electron chi connectivity index (χ3n) is 3.98. The molecule has 0 aliphatic rings. The van der Waals surface area contributed by atoms with E-state index in [9.17, 15) is 18.0 Å². The maximum atomic E-state index is 12.8. The van der Waals surface area contributed by atoms with E-state index in [0.29, 0.717) is 11.4 Å². The first kappa shape index (κ1) is 19.9. The number of rotatable bonds is 4. The number of pyridine rings is 1. The van der Waals surface area contributed by atoms with Crippen LogP contribution >= 0.6 is 11.6 Å². The van der Waals surface area contributed by atoms with Crippen molar-refractivity contribution in [3.63, 3.8) is 0 Å². The van der Waals surface area contributed by atoms with Gasteiger partial charge in [-0.05, 0) is 49.7 Å². The summed E-state index contributed by atoms with van der Waals surface area (Å²) in [4.78, 5) is 16.7. The summed E-state index contributed by atoms with van der Waals surface area (Å²) in [7, 11) is 0. The van der Waals surface area contributed by atoms with Crippen molar-refractivity contribution in [3.8, 4) is 5.82 Å². The third-order valence-corrected chi connectivity index (χ3v) is 4.29. The molecule has 0 radical (unpaired) electrons. The Hall–Kier alpha value is -2.87. The maximum Gasteiger partial charge on any atom is 0.416 e. The summed E-state index contributed by atoms with van der Waals surface area (Å²) in [5, 5.41) is 6.99. The van der Waals surface area contributed by atoms with E-state index in [1.807, 2.05) is 19.9 Å². The highest BCUT2D eigenvalue weighted by molar-refractivity contribution is 6.33. The van der Waals surface area contributed by atoms with Crippen molar-refractivity contribution in [3.05, 3.63) is 75.7 Å². The molecule has 0 spiro atoms. The second-order valence-electron chi connectivity index (χ2n) is 6.22. The van der Waals surface area contributed by atoms with Gasteiger partial charge in [-0.1, -0.05) is 23.7 Å². The average Bonchev–Trinajstić information content (AvgIpc) is 2.98. The standard InChI is InChI=1S/C19H16ClF3N4O/c1-11-8-12(2)27(26-11)16-7-6-15(20)17(25-16)18(28)24-10-13-4-3-5-14(9-13)19(21,22)23/h3-9H,10H2,1-2H3,(H,24,28). The molecule has 28 heavy (non-hydrogen) atoms. The highest BCUT2D eigenvalue weighted by atomic mass is 35.5. The maximum absolute atomic E-state index is 12.8. The van der Waals surface area contributed by atoms with Gasteiger partial charge in [-0.25, -0.2) is 9.67 Å². The molecule has 0 fully saturated rings. The normalized spacial score (nSPS) is 11.5. The van der Waals surface area contributed by atoms with E-state index >= 15 is 0 Å². The average molecular weight is 409 g/mol. The molecule has 1 aromatic carbocycles. The number of benzene rings is 1. The molecule has 1 amide bonds. The number of alkyl halides is 3. The number of nitrogens with one attached hydrogen (secondary N) is 1. The minimum absolute atomic E-state index is 0.0290. The van der Waals surface area contributed by atoms with Crippen molar-refractivity contribution in [1.29, 1.82) is 0 Å². The van der Waals surface area contributed by atoms with E-state index in [2.05, 4.69) is 15.4 Å². The molecular weight excluding hydrogens is 393 g/mol. The minimum atomic E-state index is -4.45. The monoisotopic (exact) mass is 408 g/mol. The van der Waals surface area contributed by atoms with Crippen molar-refractivity contribution in [2.75, 3.05) is 0 Å². The fraction of sp³-hybridized carbons (Fsp3) is 0.211. The van der Waals surface area contributed by atoms with Crippen LogP contribution in [0.15, 0.2) is 42.5 Å². The lowest BCUT2D eigenvalue weighted by Crippen LogP contribution is -2.25. The Morgan fingerprint density at radius 3 is 2.57 bits per heavy atom. The Bertz CT molecular complexity index is 1030. The van der Waals surface area contributed by atoms with Gasteiger partial charge in [-0.3, -0.25) is 4.79 Å². The summed E-state index contributed by atoms with van der Waals surface area (Å²) in [5.74, 6) is -0.176. The summed E-state index contributed by atoms with van der Waals surface area (Å²) >= 11 is 6.09. The fourth-order valence-corrected chi connectivity index (χ4v) is 2.88. The van der Waals surface area contributed by atoms with Gasteiger partial charge in [0.15, 0.2) is 5.82 Å². The quantitative estimate of drug-likeness (QED) is 0.692. The summed E-state index contributed by atoms with van der Waals surface area (Å²) < 4.78 is 40.0. The van der Waals surface area contributed by atoms with Crippen LogP contribution in [-0.4, -0.2) is 20.7 Å². The molecule has 9 heteroatoms. The van der Waals surface area contributed by atoms with Crippen LogP contribution in [0.5, 0.6) is 0 Å². The van der Waals surface area contributed by atoms with E-state index in [4.69, 9.17) is 11.6 Å². The van der Waals surface area contributed by atoms with Gasteiger partial charge in [0.25, 0.3) is 5.91 Å². The Morgan fingerprint density at radius 1 is 1.18 bits per heavy atom. The van der Waals surface area contributed by atoms with Crippen LogP contribution in [0.4, 0.5) is 13.2 Å². The molecule has 5 nitrogen and oxygen atoms in total. The Labute approximate surface area is 164 Å². The molecule has 3 aromatic rings. The van der Waals surface area contributed by atoms with Gasteiger partial charge in [0.05, 0.1) is 16.3 Å². The molecular formula is C19H16ClF3N4O. The van der Waals surface area contributed by atoms with Crippen LogP contribution in [0.3, 0.4) is 0 Å². The molecule has 0 aliphatic carbocycles. The van der Waals surface area contributed by atoms with E-state index in [-0.39, 0.29) is 17.3 Å². The van der Waals surface area contributed by atoms with E-state index in [1.165, 1.54) is 18.2 Å². The van der Waals surface area contributed by atoms with Crippen LogP contribution in [0.25, 0.3) is 5.82 Å². The molecule has 0 saturated heterocycles. The number of halogens is 4. The summed E-state index contributed by atoms with van der Waals surface area (Å²) in [6, 6.07) is 9.77. The number of hydrogen-bond acceptors (Lipinski definition) is 3. The van der Waals surface area contributed by atoms with Crippen LogP contribution in [0, 0.1) is 13.8 Å². The number of nitrogens with zero attached hydrogens (tertiary/aromatic N) is 3. The number of aromatic nitrogens is 3. The molecule has 0 atom stereocenters. The lowest BCUT2D eigenvalue weighted by Gasteiger charge is -2.11. The zero-order valence-electron chi connectivity index (χ0n) is 15.0. The third kappa shape index (κ3) is 4.33. The zero-order chi connectivity index (χ0) is 20.5. The van der Waals surface area contributed by atoms with Crippen LogP contribution in [0.2, 0.25) is 5.02 Å². The zero-order valence-corrected chi connectivity index (χ0v) is 15.8. The Balaban J connectivity index is 1.80. The molecule has 0 saturated carbocycles. The first-order valence-electron chi connectivity index (χ1n) is 8.29. The van der Waals surface area contributed by atoms with Crippen molar-refractivity contribution in [2.45, 2.75) is 26.6 Å². The fourth-order valence-electron chi connectivity index (χ4n) is 2.69. The number of aryl methyl sites for hydroxylation is 2. The van der Waals surface area contributed by atoms with Gasteiger partial charge >= 0.3 is 6.18 Å². The summed E-state index contributed by atoms with van der Waals surface area (Å²) in [5.41, 5.74) is 1.14. The SMILES string of the molecule is Cc1cc(C)n(-c2ccc(Cl)c(C(=O)NCc3cccc(C(F)(F)F)c3)n2)n1. The number of hydrogen-bond donors (Lipinski definition) is 1. The van der Waals surface area contributed by atoms with Gasteiger partial charge in [0.2, 0.25) is 0 Å². The van der Waals surface area contributed by atoms with Crippen molar-refractivity contribution in [1.82, 2.24) is 20.1 Å². The molecule has 2 heterocycles. The molecule has 0 bridgehead atoms. The van der Waals surface area contributed by atoms with Gasteiger partial charge in [0.1, 0.15) is 5.69 Å². The van der Waals surface area contributed by atoms with Gasteiger partial charge in [-0.2, -0.15) is 18.3 Å². The topological polar surface area (TPSA) is 59.8 Å². The summed E-state index contributed by atoms with van der Waals surface area (Å²) in [6.07, 6.45) is -4.45. The van der Waals surface area contributed by atoms with Gasteiger partial charge < -0.3 is 5.32 Å². The molecule has 3 rings (SSSR count). The van der Waals surface area contributed by atoms with Crippen molar-refractivity contribution >= 4 is 17.5 Å². The lowest BCUT2D eigenvalue weighted by molar-refractivity contribution is -0.137. The number of carbonyl (C=O) groups excluding carboxylic acids is 1. The van der Waals surface area contributed by atoms with E-state index in [1.54, 1.807) is 10.7 Å².